The maximum atomic E-state index is 13.4. The van der Waals surface area contributed by atoms with E-state index in [9.17, 15) is 24.0 Å². The minimum absolute atomic E-state index is 0.0780. The van der Waals surface area contributed by atoms with Gasteiger partial charge in [0, 0.05) is 18.9 Å². The van der Waals surface area contributed by atoms with Gasteiger partial charge < -0.3 is 21.3 Å². The van der Waals surface area contributed by atoms with Crippen molar-refractivity contribution in [1.29, 1.82) is 0 Å². The molecule has 1 heterocycles. The lowest BCUT2D eigenvalue weighted by Gasteiger charge is -2.28. The Bertz CT molecular complexity index is 1010. The van der Waals surface area contributed by atoms with Crippen molar-refractivity contribution in [3.05, 3.63) is 48.0 Å². The highest BCUT2D eigenvalue weighted by Crippen LogP contribution is 2.14. The van der Waals surface area contributed by atoms with Gasteiger partial charge in [0.2, 0.25) is 29.5 Å². The molecule has 1 aromatic rings. The van der Waals surface area contributed by atoms with Crippen molar-refractivity contribution in [3.63, 3.8) is 0 Å². The highest BCUT2D eigenvalue weighted by Gasteiger charge is 2.34. The molecule has 38 heavy (non-hydrogen) atoms. The summed E-state index contributed by atoms with van der Waals surface area (Å²) in [7, 11) is 0. The molecule has 0 aliphatic carbocycles. The van der Waals surface area contributed by atoms with Gasteiger partial charge in [-0.1, -0.05) is 63.3 Å². The topological polar surface area (TPSA) is 166 Å². The molecule has 1 aliphatic rings. The molecule has 208 valence electrons. The third kappa shape index (κ3) is 9.29. The molecule has 1 saturated heterocycles. The van der Waals surface area contributed by atoms with Crippen molar-refractivity contribution < 1.29 is 29.2 Å². The van der Waals surface area contributed by atoms with Crippen molar-refractivity contribution in [3.8, 4) is 0 Å². The molecule has 11 nitrogen and oxygen atoms in total. The first-order valence-electron chi connectivity index (χ1n) is 12.9. The number of hydroxylamine groups is 1. The van der Waals surface area contributed by atoms with Gasteiger partial charge in [-0.15, -0.1) is 0 Å². The Labute approximate surface area is 223 Å². The van der Waals surface area contributed by atoms with Crippen LogP contribution in [0, 0.1) is 11.8 Å². The van der Waals surface area contributed by atoms with Crippen LogP contribution in [-0.4, -0.2) is 58.9 Å². The van der Waals surface area contributed by atoms with Crippen molar-refractivity contribution in [2.45, 2.75) is 77.5 Å². The van der Waals surface area contributed by atoms with Crippen LogP contribution in [0.5, 0.6) is 0 Å². The summed E-state index contributed by atoms with van der Waals surface area (Å²) in [6.45, 7) is 6.77. The Morgan fingerprint density at radius 2 is 1.61 bits per heavy atom. The fourth-order valence-electron chi connectivity index (χ4n) is 4.03. The summed E-state index contributed by atoms with van der Waals surface area (Å²) in [6, 6.07) is 5.80. The van der Waals surface area contributed by atoms with Crippen LogP contribution >= 0.6 is 0 Å². The van der Waals surface area contributed by atoms with E-state index < -0.39 is 59.6 Å². The molecule has 0 unspecified atom stereocenters. The first-order valence-corrected chi connectivity index (χ1v) is 12.9. The number of benzene rings is 1. The Hall–Kier alpha value is -3.73. The van der Waals surface area contributed by atoms with Gasteiger partial charge in [0.15, 0.2) is 0 Å². The number of carbonyl (C=O) groups is 5. The number of allylic oxidation sites excluding steroid dienone is 1. The third-order valence-electron chi connectivity index (χ3n) is 6.48. The highest BCUT2D eigenvalue weighted by atomic mass is 16.5. The standard InChI is InChI=1S/C27H39N5O6/c1-16(2)23-27(37)28-18(4)25(35)30-21(15-19-11-7-5-8-12-19)26(36)29-20(17(3)24(34)31-23)13-9-6-10-14-22(33)32-38/h5-9,11-12,16-18,20-21,23,38H,10,13-15H2,1-4H3,(H,28,37)(H,29,36)(H,30,35)(H,31,34)(H,32,33)/b9-6-/t17-,18+,20+,21+,23+/m0/s1. The Morgan fingerprint density at radius 1 is 0.921 bits per heavy atom. The van der Waals surface area contributed by atoms with Crippen LogP contribution < -0.4 is 26.7 Å². The summed E-state index contributed by atoms with van der Waals surface area (Å²) in [6.07, 6.45) is 4.39. The van der Waals surface area contributed by atoms with Crippen LogP contribution in [0.3, 0.4) is 0 Å². The maximum absolute atomic E-state index is 13.4. The first-order chi connectivity index (χ1) is 18.0. The average Bonchev–Trinajstić information content (AvgIpc) is 2.89. The fraction of sp³-hybridized carbons (Fsp3) is 0.519. The molecule has 1 fully saturated rings. The second-order valence-electron chi connectivity index (χ2n) is 9.90. The molecular weight excluding hydrogens is 490 g/mol. The smallest absolute Gasteiger partial charge is 0.243 e. The molecular formula is C27H39N5O6. The molecule has 0 aromatic heterocycles. The van der Waals surface area contributed by atoms with Crippen LogP contribution in [0.25, 0.3) is 0 Å². The highest BCUT2D eigenvalue weighted by molar-refractivity contribution is 5.95. The number of nitrogens with one attached hydrogen (secondary N) is 5. The Morgan fingerprint density at radius 3 is 2.24 bits per heavy atom. The summed E-state index contributed by atoms with van der Waals surface area (Å²) in [5.74, 6) is -3.37. The fourth-order valence-corrected chi connectivity index (χ4v) is 4.03. The van der Waals surface area contributed by atoms with Crippen LogP contribution in [-0.2, 0) is 30.4 Å². The molecule has 1 aliphatic heterocycles. The quantitative estimate of drug-likeness (QED) is 0.165. The third-order valence-corrected chi connectivity index (χ3v) is 6.48. The summed E-state index contributed by atoms with van der Waals surface area (Å²) in [5.41, 5.74) is 2.40. The molecule has 2 rings (SSSR count). The van der Waals surface area contributed by atoms with Gasteiger partial charge in [0.05, 0.1) is 5.92 Å². The van der Waals surface area contributed by atoms with Crippen LogP contribution in [0.2, 0.25) is 0 Å². The molecule has 0 radical (unpaired) electrons. The molecule has 5 atom stereocenters. The van der Waals surface area contributed by atoms with Crippen molar-refractivity contribution >= 4 is 29.5 Å². The lowest BCUT2D eigenvalue weighted by molar-refractivity contribution is -0.134. The predicted octanol–water partition coefficient (Wildman–Crippen LogP) is 0.726. The van der Waals surface area contributed by atoms with E-state index in [0.29, 0.717) is 6.42 Å². The SMILES string of the molecule is CC(C)[C@H]1NC(=O)[C@@H](C)[C@@H](C/C=C\CCC(=O)NO)NC(=O)[C@@H](Cc2ccccc2)NC(=O)[C@@H](C)NC1=O. The average molecular weight is 530 g/mol. The van der Waals surface area contributed by atoms with E-state index in [2.05, 4.69) is 21.3 Å². The van der Waals surface area contributed by atoms with Crippen LogP contribution in [0.15, 0.2) is 42.5 Å². The summed E-state index contributed by atoms with van der Waals surface area (Å²) in [4.78, 5) is 63.8. The van der Waals surface area contributed by atoms with E-state index in [0.717, 1.165) is 5.56 Å². The molecule has 0 spiro atoms. The molecule has 11 heteroatoms. The molecule has 6 N–H and O–H groups in total. The minimum Gasteiger partial charge on any atom is -0.350 e. The normalized spacial score (nSPS) is 25.4. The zero-order valence-electron chi connectivity index (χ0n) is 22.3. The maximum Gasteiger partial charge on any atom is 0.243 e. The number of hydrogen-bond acceptors (Lipinski definition) is 6. The van der Waals surface area contributed by atoms with Gasteiger partial charge in [-0.2, -0.15) is 0 Å². The van der Waals surface area contributed by atoms with E-state index in [1.54, 1.807) is 38.4 Å². The summed E-state index contributed by atoms with van der Waals surface area (Å²) in [5, 5.41) is 19.7. The summed E-state index contributed by atoms with van der Waals surface area (Å²) < 4.78 is 0. The van der Waals surface area contributed by atoms with Crippen molar-refractivity contribution in [1.82, 2.24) is 26.7 Å². The van der Waals surface area contributed by atoms with Crippen LogP contribution in [0.4, 0.5) is 0 Å². The number of rotatable bonds is 8. The molecule has 0 bridgehead atoms. The second kappa shape index (κ2) is 14.9. The number of hydrogen-bond donors (Lipinski definition) is 6. The van der Waals surface area contributed by atoms with Crippen LogP contribution in [0.1, 0.15) is 52.5 Å². The van der Waals surface area contributed by atoms with E-state index in [1.807, 2.05) is 30.3 Å². The lowest BCUT2D eigenvalue weighted by atomic mass is 9.94. The molecule has 0 saturated carbocycles. The predicted molar refractivity (Wildman–Crippen MR) is 140 cm³/mol. The number of carbonyl (C=O) groups excluding carboxylic acids is 5. The van der Waals surface area contributed by atoms with Gasteiger partial charge in [-0.3, -0.25) is 29.2 Å². The van der Waals surface area contributed by atoms with Gasteiger partial charge >= 0.3 is 0 Å². The van der Waals surface area contributed by atoms with Crippen molar-refractivity contribution in [2.75, 3.05) is 0 Å². The first kappa shape index (κ1) is 30.5. The van der Waals surface area contributed by atoms with Gasteiger partial charge in [-0.05, 0) is 31.2 Å². The zero-order valence-corrected chi connectivity index (χ0v) is 22.3. The monoisotopic (exact) mass is 529 g/mol. The summed E-state index contributed by atoms with van der Waals surface area (Å²) >= 11 is 0. The van der Waals surface area contributed by atoms with E-state index in [-0.39, 0.29) is 25.2 Å². The van der Waals surface area contributed by atoms with E-state index in [4.69, 9.17) is 5.21 Å². The largest absolute Gasteiger partial charge is 0.350 e. The van der Waals surface area contributed by atoms with E-state index >= 15 is 0 Å². The zero-order chi connectivity index (χ0) is 28.2. The Kier molecular flexibility index (Phi) is 11.9. The van der Waals surface area contributed by atoms with E-state index in [1.165, 1.54) is 6.92 Å². The lowest BCUT2D eigenvalue weighted by Crippen LogP contribution is -2.56. The molecule has 5 amide bonds. The van der Waals surface area contributed by atoms with Gasteiger partial charge in [0.25, 0.3) is 0 Å². The van der Waals surface area contributed by atoms with Gasteiger partial charge in [0.1, 0.15) is 18.1 Å². The Balaban J connectivity index is 2.36. The molecule has 1 aromatic carbocycles. The van der Waals surface area contributed by atoms with Gasteiger partial charge in [-0.25, -0.2) is 5.48 Å². The minimum atomic E-state index is -0.944. The van der Waals surface area contributed by atoms with Crippen molar-refractivity contribution in [2.24, 2.45) is 11.8 Å². The number of amides is 5. The second-order valence-corrected chi connectivity index (χ2v) is 9.90.